The first-order valence-electron chi connectivity index (χ1n) is 15.2. The zero-order valence-electron chi connectivity index (χ0n) is 27.0. The second-order valence-corrected chi connectivity index (χ2v) is 17.1. The van der Waals surface area contributed by atoms with Gasteiger partial charge in [-0.3, -0.25) is 14.3 Å². The van der Waals surface area contributed by atoms with E-state index < -0.39 is 43.4 Å². The number of nitrogens with zero attached hydrogens (tertiary/aromatic N) is 1. The van der Waals surface area contributed by atoms with Crippen molar-refractivity contribution in [2.75, 3.05) is 20.8 Å². The number of para-hydroxylation sites is 2. The van der Waals surface area contributed by atoms with Gasteiger partial charge in [0.15, 0.2) is 5.60 Å². The average Bonchev–Trinajstić information content (AvgIpc) is 3.42. The van der Waals surface area contributed by atoms with Gasteiger partial charge in [0.05, 0.1) is 26.9 Å². The number of aryl methyl sites for hydroxylation is 1. The van der Waals surface area contributed by atoms with Crippen LogP contribution in [0.5, 0.6) is 11.5 Å². The maximum absolute atomic E-state index is 12.6. The predicted molar refractivity (Wildman–Crippen MR) is 179 cm³/mol. The monoisotopic (exact) mass is 640 g/mol. The minimum Gasteiger partial charge on any atom is -0.496 e. The number of hydrogen-bond donors (Lipinski definition) is 2. The van der Waals surface area contributed by atoms with Crippen molar-refractivity contribution in [1.82, 2.24) is 9.55 Å². The Morgan fingerprint density at radius 3 is 2.11 bits per heavy atom. The molecule has 0 bridgehead atoms. The molecule has 0 unspecified atom stereocenters. The zero-order chi connectivity index (χ0) is 33.1. The summed E-state index contributed by atoms with van der Waals surface area (Å²) < 4.78 is 26.3. The molecule has 0 saturated carbocycles. The number of aliphatic hydroxyl groups is 1. The lowest BCUT2D eigenvalue weighted by molar-refractivity contribution is -0.0951. The quantitative estimate of drug-likeness (QED) is 0.154. The number of H-pyrrole nitrogens is 1. The lowest BCUT2D eigenvalue weighted by atomic mass is 9.78. The number of methoxy groups -OCH3 is 2. The van der Waals surface area contributed by atoms with E-state index in [0.717, 1.165) is 22.3 Å². The highest BCUT2D eigenvalue weighted by atomic mass is 28.3. The van der Waals surface area contributed by atoms with Crippen LogP contribution in [0.1, 0.15) is 40.5 Å². The van der Waals surface area contributed by atoms with Crippen molar-refractivity contribution in [3.8, 4) is 23.0 Å². The standard InChI is InChI=1S/C36H40N2O7Si/c1-24-22-38(35(41)37-34(24)40)33-21-29(39)32(45-33)23-44-36(27-11-7-9-13-30(27)42-2,28-12-8-10-14-31(28)43-3)26-17-15-25(16-18-26)19-20-46(4,5)6/h7-18,22,29,32-33,39H,21,23H2,1-6H3,(H,37,40,41)/t29-,32+,33+/m0/s1. The van der Waals surface area contributed by atoms with E-state index in [4.69, 9.17) is 18.9 Å². The molecule has 0 aliphatic carbocycles. The summed E-state index contributed by atoms with van der Waals surface area (Å²) >= 11 is 0. The Morgan fingerprint density at radius 2 is 1.54 bits per heavy atom. The lowest BCUT2D eigenvalue weighted by Gasteiger charge is -2.38. The SMILES string of the molecule is COc1ccccc1C(OC[C@H]1O[C@@H](n2cc(C)c(=O)[nH]c2=O)C[C@@H]1O)(c1ccc(C#C[Si](C)(C)C)cc1)c1ccccc1OC. The van der Waals surface area contributed by atoms with Crippen LogP contribution in [0.3, 0.4) is 0 Å². The largest absolute Gasteiger partial charge is 0.496 e. The average molecular weight is 641 g/mol. The van der Waals surface area contributed by atoms with E-state index in [9.17, 15) is 14.7 Å². The van der Waals surface area contributed by atoms with E-state index in [1.807, 2.05) is 72.8 Å². The molecule has 10 heteroatoms. The van der Waals surface area contributed by atoms with Crippen molar-refractivity contribution in [1.29, 1.82) is 0 Å². The highest BCUT2D eigenvalue weighted by Gasteiger charge is 2.45. The van der Waals surface area contributed by atoms with Gasteiger partial charge in [-0.15, -0.1) is 5.54 Å². The molecule has 1 fully saturated rings. The topological polar surface area (TPSA) is 112 Å². The van der Waals surface area contributed by atoms with Crippen molar-refractivity contribution in [2.45, 2.75) is 57.0 Å². The number of hydrogen-bond acceptors (Lipinski definition) is 7. The van der Waals surface area contributed by atoms with Gasteiger partial charge in [0.1, 0.15) is 31.9 Å². The number of aromatic amines is 1. The molecule has 3 aromatic carbocycles. The summed E-state index contributed by atoms with van der Waals surface area (Å²) in [5.74, 6) is 4.51. The minimum absolute atomic E-state index is 0.0535. The number of aromatic nitrogens is 2. The van der Waals surface area contributed by atoms with Gasteiger partial charge in [0.25, 0.3) is 5.56 Å². The van der Waals surface area contributed by atoms with Gasteiger partial charge in [-0.1, -0.05) is 74.1 Å². The number of ether oxygens (including phenoxy) is 4. The molecule has 4 aromatic rings. The van der Waals surface area contributed by atoms with Crippen molar-refractivity contribution >= 4 is 8.07 Å². The summed E-state index contributed by atoms with van der Waals surface area (Å²) in [5, 5.41) is 11.2. The molecule has 0 spiro atoms. The third kappa shape index (κ3) is 6.73. The first kappa shape index (κ1) is 33.0. The first-order chi connectivity index (χ1) is 22.0. The molecule has 9 nitrogen and oxygen atoms in total. The summed E-state index contributed by atoms with van der Waals surface area (Å²) in [6.45, 7) is 8.17. The van der Waals surface area contributed by atoms with Crippen LogP contribution in [0, 0.1) is 18.4 Å². The van der Waals surface area contributed by atoms with E-state index in [1.54, 1.807) is 21.1 Å². The van der Waals surface area contributed by atoms with E-state index in [2.05, 4.69) is 36.1 Å². The Hall–Kier alpha value is -4.40. The molecule has 2 N–H and O–H groups in total. The van der Waals surface area contributed by atoms with E-state index in [-0.39, 0.29) is 13.0 Å². The van der Waals surface area contributed by atoms with Crippen LogP contribution < -0.4 is 20.7 Å². The van der Waals surface area contributed by atoms with Crippen LogP contribution in [0.25, 0.3) is 0 Å². The lowest BCUT2D eigenvalue weighted by Crippen LogP contribution is -2.38. The van der Waals surface area contributed by atoms with Crippen LogP contribution >= 0.6 is 0 Å². The maximum atomic E-state index is 12.6. The summed E-state index contributed by atoms with van der Waals surface area (Å²) in [6.07, 6.45) is -0.947. The molecule has 2 heterocycles. The molecular weight excluding hydrogens is 600 g/mol. The normalized spacial score (nSPS) is 18.1. The molecule has 3 atom stereocenters. The Bertz CT molecular complexity index is 1820. The first-order valence-corrected chi connectivity index (χ1v) is 18.7. The maximum Gasteiger partial charge on any atom is 0.330 e. The third-order valence-corrected chi connectivity index (χ3v) is 8.85. The van der Waals surface area contributed by atoms with Crippen LogP contribution in [-0.2, 0) is 15.1 Å². The van der Waals surface area contributed by atoms with Crippen LogP contribution in [0.15, 0.2) is 88.6 Å². The van der Waals surface area contributed by atoms with Crippen LogP contribution in [-0.4, -0.2) is 55.8 Å². The second-order valence-electron chi connectivity index (χ2n) is 12.4. The van der Waals surface area contributed by atoms with Gasteiger partial charge < -0.3 is 24.1 Å². The molecule has 240 valence electrons. The van der Waals surface area contributed by atoms with E-state index >= 15 is 0 Å². The summed E-state index contributed by atoms with van der Waals surface area (Å²) in [7, 11) is 1.63. The van der Waals surface area contributed by atoms with Crippen LogP contribution in [0.2, 0.25) is 19.6 Å². The molecule has 1 aromatic heterocycles. The van der Waals surface area contributed by atoms with Gasteiger partial charge in [0, 0.05) is 34.9 Å². The van der Waals surface area contributed by atoms with Crippen molar-refractivity contribution in [2.24, 2.45) is 0 Å². The minimum atomic E-state index is -1.59. The van der Waals surface area contributed by atoms with Crippen molar-refractivity contribution in [3.63, 3.8) is 0 Å². The molecule has 1 aliphatic heterocycles. The third-order valence-electron chi connectivity index (χ3n) is 7.97. The molecule has 0 amide bonds. The molecular formula is C36H40N2O7Si. The smallest absolute Gasteiger partial charge is 0.330 e. The summed E-state index contributed by atoms with van der Waals surface area (Å²) in [5.41, 5.74) is 4.55. The van der Waals surface area contributed by atoms with Gasteiger partial charge >= 0.3 is 5.69 Å². The van der Waals surface area contributed by atoms with E-state index in [1.165, 1.54) is 10.8 Å². The zero-order valence-corrected chi connectivity index (χ0v) is 28.0. The Morgan fingerprint density at radius 1 is 0.957 bits per heavy atom. The fourth-order valence-corrected chi connectivity index (χ4v) is 6.18. The molecule has 46 heavy (non-hydrogen) atoms. The Kier molecular flexibility index (Phi) is 9.70. The van der Waals surface area contributed by atoms with Crippen molar-refractivity contribution < 1.29 is 24.1 Å². The molecule has 1 saturated heterocycles. The number of benzene rings is 3. The summed E-state index contributed by atoms with van der Waals surface area (Å²) in [6, 6.07) is 23.2. The molecule has 1 aliphatic rings. The molecule has 5 rings (SSSR count). The Balaban J connectivity index is 1.63. The van der Waals surface area contributed by atoms with Crippen molar-refractivity contribution in [3.05, 3.63) is 128 Å². The van der Waals surface area contributed by atoms with Gasteiger partial charge in [-0.2, -0.15) is 0 Å². The highest BCUT2D eigenvalue weighted by Crippen LogP contribution is 2.48. The highest BCUT2D eigenvalue weighted by molar-refractivity contribution is 6.83. The number of aliphatic hydroxyl groups excluding tert-OH is 1. The molecule has 0 radical (unpaired) electrons. The predicted octanol–water partition coefficient (Wildman–Crippen LogP) is 4.75. The van der Waals surface area contributed by atoms with Crippen LogP contribution in [0.4, 0.5) is 0 Å². The Labute approximate surface area is 269 Å². The fraction of sp³-hybridized carbons (Fsp3) is 0.333. The number of nitrogens with one attached hydrogen (secondary N) is 1. The number of rotatable bonds is 9. The summed E-state index contributed by atoms with van der Waals surface area (Å²) in [4.78, 5) is 26.9. The van der Waals surface area contributed by atoms with E-state index in [0.29, 0.717) is 17.1 Å². The van der Waals surface area contributed by atoms with Gasteiger partial charge in [-0.25, -0.2) is 4.79 Å². The van der Waals surface area contributed by atoms with Gasteiger partial charge in [0.2, 0.25) is 0 Å². The van der Waals surface area contributed by atoms with Gasteiger partial charge in [-0.05, 0) is 36.8 Å². The fourth-order valence-electron chi connectivity index (χ4n) is 5.66. The second kappa shape index (κ2) is 13.5.